The molecule has 4 heteroatoms. The molecule has 3 atom stereocenters. The van der Waals surface area contributed by atoms with Crippen molar-refractivity contribution in [2.45, 2.75) is 25.9 Å². The molecule has 0 saturated heterocycles. The van der Waals surface area contributed by atoms with Crippen LogP contribution in [0, 0.1) is 24.2 Å². The van der Waals surface area contributed by atoms with E-state index in [-0.39, 0.29) is 17.9 Å². The Labute approximate surface area is 165 Å². The third kappa shape index (κ3) is 3.99. The van der Waals surface area contributed by atoms with E-state index in [2.05, 4.69) is 6.07 Å². The number of nitriles is 1. The number of esters is 1. The summed E-state index contributed by atoms with van der Waals surface area (Å²) < 4.78 is 10.9. The van der Waals surface area contributed by atoms with Crippen molar-refractivity contribution in [2.75, 3.05) is 7.11 Å². The molecule has 3 rings (SSSR count). The maximum Gasteiger partial charge on any atom is 0.330 e. The Hall–Kier alpha value is -3.32. The fourth-order valence-corrected chi connectivity index (χ4v) is 3.54. The van der Waals surface area contributed by atoms with Gasteiger partial charge in [0, 0.05) is 23.5 Å². The number of nitrogens with zero attached hydrogens (tertiary/aromatic N) is 1. The van der Waals surface area contributed by atoms with Crippen LogP contribution in [0.4, 0.5) is 0 Å². The maximum absolute atomic E-state index is 11.6. The molecule has 142 valence electrons. The summed E-state index contributed by atoms with van der Waals surface area (Å²) in [5.41, 5.74) is 3.64. The predicted octanol–water partition coefficient (Wildman–Crippen LogP) is 4.78. The van der Waals surface area contributed by atoms with Crippen molar-refractivity contribution >= 4 is 11.7 Å². The van der Waals surface area contributed by atoms with Gasteiger partial charge in [-0.2, -0.15) is 5.26 Å². The molecule has 0 aromatic heterocycles. The second-order valence-corrected chi connectivity index (χ2v) is 6.93. The minimum atomic E-state index is -0.431. The van der Waals surface area contributed by atoms with Gasteiger partial charge in [0.2, 0.25) is 0 Å². The summed E-state index contributed by atoms with van der Waals surface area (Å²) in [5.74, 6) is -0.0383. The first-order valence-corrected chi connectivity index (χ1v) is 9.24. The number of allylic oxidation sites excluding steroid dienone is 1. The number of ether oxygens (including phenoxy) is 2. The van der Waals surface area contributed by atoms with E-state index in [1.54, 1.807) is 6.08 Å². The van der Waals surface area contributed by atoms with Crippen LogP contribution >= 0.6 is 0 Å². The van der Waals surface area contributed by atoms with E-state index in [9.17, 15) is 10.1 Å². The van der Waals surface area contributed by atoms with Gasteiger partial charge in [0.15, 0.2) is 0 Å². The minimum Gasteiger partial charge on any atom is -0.484 e. The van der Waals surface area contributed by atoms with Gasteiger partial charge in [-0.1, -0.05) is 67.1 Å². The summed E-state index contributed by atoms with van der Waals surface area (Å²) in [6, 6.07) is 20.2. The average molecular weight is 373 g/mol. The molecular formula is C24H23NO3. The van der Waals surface area contributed by atoms with E-state index >= 15 is 0 Å². The highest BCUT2D eigenvalue weighted by Gasteiger charge is 2.37. The van der Waals surface area contributed by atoms with Crippen LogP contribution in [0.2, 0.25) is 0 Å². The molecule has 0 amide bonds. The number of hydrogen-bond donors (Lipinski definition) is 0. The second kappa shape index (κ2) is 8.58. The molecule has 3 unspecified atom stereocenters. The van der Waals surface area contributed by atoms with Gasteiger partial charge < -0.3 is 9.47 Å². The molecule has 0 aliphatic carbocycles. The minimum absolute atomic E-state index is 0.0350. The van der Waals surface area contributed by atoms with Crippen LogP contribution < -0.4 is 0 Å². The SMILES string of the molecule is COC(=O)/C=C/C1OC(c2ccc(C)cc2)=C(C#N)C(c2ccccc2)C1C. The largest absolute Gasteiger partial charge is 0.484 e. The fourth-order valence-electron chi connectivity index (χ4n) is 3.54. The quantitative estimate of drug-likeness (QED) is 0.572. The summed E-state index contributed by atoms with van der Waals surface area (Å²) >= 11 is 0. The van der Waals surface area contributed by atoms with E-state index in [1.807, 2.05) is 68.4 Å². The molecular weight excluding hydrogens is 350 g/mol. The molecule has 2 aromatic carbocycles. The summed E-state index contributed by atoms with van der Waals surface area (Å²) in [6.45, 7) is 4.05. The van der Waals surface area contributed by atoms with E-state index < -0.39 is 5.97 Å². The molecule has 0 N–H and O–H groups in total. The lowest BCUT2D eigenvalue weighted by Gasteiger charge is -2.36. The summed E-state index contributed by atoms with van der Waals surface area (Å²) in [5, 5.41) is 9.99. The number of aryl methyl sites for hydroxylation is 1. The van der Waals surface area contributed by atoms with Gasteiger partial charge in [0.25, 0.3) is 0 Å². The monoisotopic (exact) mass is 373 g/mol. The van der Waals surface area contributed by atoms with Crippen LogP contribution in [-0.2, 0) is 14.3 Å². The Morgan fingerprint density at radius 2 is 1.82 bits per heavy atom. The van der Waals surface area contributed by atoms with E-state index in [4.69, 9.17) is 9.47 Å². The van der Waals surface area contributed by atoms with Gasteiger partial charge in [0.1, 0.15) is 11.9 Å². The number of hydrogen-bond acceptors (Lipinski definition) is 4. The topological polar surface area (TPSA) is 59.3 Å². The standard InChI is InChI=1S/C24H23NO3/c1-16-9-11-19(12-10-16)24-20(15-25)23(18-7-5-4-6-8-18)17(2)21(28-24)13-14-22(26)27-3/h4-14,17,21,23H,1-3H3/b14-13+. The number of carbonyl (C=O) groups excluding carboxylic acids is 1. The Balaban J connectivity index is 2.12. The second-order valence-electron chi connectivity index (χ2n) is 6.93. The first kappa shape index (κ1) is 19.4. The molecule has 0 radical (unpaired) electrons. The number of rotatable bonds is 4. The summed E-state index contributed by atoms with van der Waals surface area (Å²) in [7, 11) is 1.34. The normalized spacial score (nSPS) is 21.9. The highest BCUT2D eigenvalue weighted by atomic mass is 16.5. The lowest BCUT2D eigenvalue weighted by Crippen LogP contribution is -2.31. The first-order chi connectivity index (χ1) is 13.5. The van der Waals surface area contributed by atoms with Crippen molar-refractivity contribution in [3.63, 3.8) is 0 Å². The van der Waals surface area contributed by atoms with E-state index in [0.717, 1.165) is 16.7 Å². The zero-order valence-electron chi connectivity index (χ0n) is 16.3. The molecule has 1 aliphatic heterocycles. The van der Waals surface area contributed by atoms with E-state index in [1.165, 1.54) is 13.2 Å². The van der Waals surface area contributed by atoms with Gasteiger partial charge in [-0.05, 0) is 18.6 Å². The number of methoxy groups -OCH3 is 1. The van der Waals surface area contributed by atoms with Crippen LogP contribution in [-0.4, -0.2) is 19.2 Å². The zero-order valence-corrected chi connectivity index (χ0v) is 16.3. The van der Waals surface area contributed by atoms with Gasteiger partial charge in [0.05, 0.1) is 18.8 Å². The molecule has 4 nitrogen and oxygen atoms in total. The number of benzene rings is 2. The van der Waals surface area contributed by atoms with Crippen molar-refractivity contribution < 1.29 is 14.3 Å². The van der Waals surface area contributed by atoms with Gasteiger partial charge in [-0.3, -0.25) is 0 Å². The van der Waals surface area contributed by atoms with Crippen LogP contribution in [0.25, 0.3) is 5.76 Å². The molecule has 0 bridgehead atoms. The average Bonchev–Trinajstić information content (AvgIpc) is 2.73. The lowest BCUT2D eigenvalue weighted by atomic mass is 9.76. The fraction of sp³-hybridized carbons (Fsp3) is 0.250. The number of carbonyl (C=O) groups is 1. The maximum atomic E-state index is 11.6. The molecule has 28 heavy (non-hydrogen) atoms. The van der Waals surface area contributed by atoms with Gasteiger partial charge in [-0.25, -0.2) is 4.79 Å². The molecule has 0 fully saturated rings. The van der Waals surface area contributed by atoms with Crippen LogP contribution in [0.1, 0.15) is 29.5 Å². The summed E-state index contributed by atoms with van der Waals surface area (Å²) in [6.07, 6.45) is 2.74. The van der Waals surface area contributed by atoms with E-state index in [0.29, 0.717) is 11.3 Å². The van der Waals surface area contributed by atoms with Gasteiger partial charge in [-0.15, -0.1) is 0 Å². The molecule has 0 saturated carbocycles. The van der Waals surface area contributed by atoms with Crippen molar-refractivity contribution in [2.24, 2.45) is 5.92 Å². The van der Waals surface area contributed by atoms with Crippen molar-refractivity contribution in [3.8, 4) is 6.07 Å². The third-order valence-corrected chi connectivity index (χ3v) is 5.07. The van der Waals surface area contributed by atoms with Crippen molar-refractivity contribution in [1.82, 2.24) is 0 Å². The highest BCUT2D eigenvalue weighted by Crippen LogP contribution is 2.44. The Morgan fingerprint density at radius 1 is 1.14 bits per heavy atom. The van der Waals surface area contributed by atoms with Crippen molar-refractivity contribution in [3.05, 3.63) is 89.0 Å². The Kier molecular flexibility index (Phi) is 5.96. The van der Waals surface area contributed by atoms with Crippen LogP contribution in [0.5, 0.6) is 0 Å². The van der Waals surface area contributed by atoms with Gasteiger partial charge >= 0.3 is 5.97 Å². The van der Waals surface area contributed by atoms with Crippen LogP contribution in [0.15, 0.2) is 72.3 Å². The highest BCUT2D eigenvalue weighted by molar-refractivity contribution is 5.82. The Bertz CT molecular complexity index is 936. The molecule has 1 aliphatic rings. The smallest absolute Gasteiger partial charge is 0.330 e. The Morgan fingerprint density at radius 3 is 2.43 bits per heavy atom. The molecule has 2 aromatic rings. The predicted molar refractivity (Wildman–Crippen MR) is 108 cm³/mol. The molecule has 0 spiro atoms. The van der Waals surface area contributed by atoms with Crippen molar-refractivity contribution in [1.29, 1.82) is 5.26 Å². The first-order valence-electron chi connectivity index (χ1n) is 9.24. The third-order valence-electron chi connectivity index (χ3n) is 5.07. The molecule has 1 heterocycles. The lowest BCUT2D eigenvalue weighted by molar-refractivity contribution is -0.134. The summed E-state index contributed by atoms with van der Waals surface area (Å²) in [4.78, 5) is 11.6. The van der Waals surface area contributed by atoms with Crippen LogP contribution in [0.3, 0.4) is 0 Å². The zero-order chi connectivity index (χ0) is 20.1.